The molecule has 3 aromatic rings. The van der Waals surface area contributed by atoms with Crippen LogP contribution >= 0.6 is 22.7 Å². The Bertz CT molecular complexity index is 1000. The molecule has 9 heteroatoms. The molecular weight excluding hydrogens is 388 g/mol. The van der Waals surface area contributed by atoms with E-state index in [4.69, 9.17) is 9.26 Å². The molecule has 0 radical (unpaired) electrons. The number of carbonyl (C=O) groups excluding carboxylic acids is 3. The molecule has 0 saturated heterocycles. The lowest BCUT2D eigenvalue weighted by atomic mass is 10.1. The van der Waals surface area contributed by atoms with Gasteiger partial charge in [0.1, 0.15) is 5.00 Å². The number of anilines is 1. The zero-order chi connectivity index (χ0) is 19.6. The average Bonchev–Trinajstić information content (AvgIpc) is 3.34. The van der Waals surface area contributed by atoms with Crippen molar-refractivity contribution in [2.24, 2.45) is 0 Å². The van der Waals surface area contributed by atoms with Crippen molar-refractivity contribution < 1.29 is 23.6 Å². The monoisotopic (exact) mass is 404 g/mol. The molecule has 0 aliphatic rings. The number of rotatable bonds is 6. The standard InChI is InChI=1S/C18H16N2O5S2/c1-4-24-18(23)14-9(2)15(10(3)21)27-17(14)19-16(22)11-8-12(25-20-11)13-6-5-7-26-13/h5-8H,4H2,1-3H3,(H,19,22). The van der Waals surface area contributed by atoms with Gasteiger partial charge in [-0.25, -0.2) is 4.79 Å². The number of esters is 1. The number of aromatic nitrogens is 1. The molecule has 1 N–H and O–H groups in total. The fourth-order valence-electron chi connectivity index (χ4n) is 2.47. The number of carbonyl (C=O) groups is 3. The van der Waals surface area contributed by atoms with E-state index in [1.807, 2.05) is 17.5 Å². The molecule has 0 aliphatic heterocycles. The molecule has 0 unspecified atom stereocenters. The van der Waals surface area contributed by atoms with Crippen molar-refractivity contribution in [1.29, 1.82) is 0 Å². The minimum absolute atomic E-state index is 0.0728. The first-order chi connectivity index (χ1) is 12.9. The predicted octanol–water partition coefficient (Wildman–Crippen LogP) is 4.40. The van der Waals surface area contributed by atoms with Gasteiger partial charge in [0.2, 0.25) is 0 Å². The predicted molar refractivity (Wildman–Crippen MR) is 103 cm³/mol. The first-order valence-electron chi connectivity index (χ1n) is 8.05. The highest BCUT2D eigenvalue weighted by Crippen LogP contribution is 2.34. The van der Waals surface area contributed by atoms with Crippen molar-refractivity contribution in [2.45, 2.75) is 20.8 Å². The second-order valence-corrected chi connectivity index (χ2v) is 7.51. The van der Waals surface area contributed by atoms with Crippen LogP contribution < -0.4 is 5.32 Å². The third-order valence-corrected chi connectivity index (χ3v) is 5.87. The highest BCUT2D eigenvalue weighted by Gasteiger charge is 2.26. The summed E-state index contributed by atoms with van der Waals surface area (Å²) < 4.78 is 10.3. The van der Waals surface area contributed by atoms with Crippen LogP contribution in [-0.4, -0.2) is 29.4 Å². The molecular formula is C18H16N2O5S2. The number of amides is 1. The van der Waals surface area contributed by atoms with Gasteiger partial charge in [-0.15, -0.1) is 22.7 Å². The molecule has 7 nitrogen and oxygen atoms in total. The summed E-state index contributed by atoms with van der Waals surface area (Å²) >= 11 is 2.50. The minimum Gasteiger partial charge on any atom is -0.462 e. The van der Waals surface area contributed by atoms with Gasteiger partial charge >= 0.3 is 5.97 Å². The van der Waals surface area contributed by atoms with Gasteiger partial charge < -0.3 is 14.6 Å². The van der Waals surface area contributed by atoms with Gasteiger partial charge in [-0.3, -0.25) is 9.59 Å². The van der Waals surface area contributed by atoms with E-state index in [0.717, 1.165) is 16.2 Å². The summed E-state index contributed by atoms with van der Waals surface area (Å²) in [5.74, 6) is -0.838. The molecule has 3 heterocycles. The summed E-state index contributed by atoms with van der Waals surface area (Å²) in [4.78, 5) is 37.9. The zero-order valence-electron chi connectivity index (χ0n) is 14.8. The number of nitrogens with one attached hydrogen (secondary N) is 1. The summed E-state index contributed by atoms with van der Waals surface area (Å²) in [5.41, 5.74) is 0.742. The van der Waals surface area contributed by atoms with Crippen LogP contribution in [-0.2, 0) is 4.74 Å². The Morgan fingerprint density at radius 3 is 2.74 bits per heavy atom. The van der Waals surface area contributed by atoms with Crippen molar-refractivity contribution in [3.05, 3.63) is 45.3 Å². The quantitative estimate of drug-likeness (QED) is 0.483. The van der Waals surface area contributed by atoms with Crippen molar-refractivity contribution in [1.82, 2.24) is 5.16 Å². The Balaban J connectivity index is 1.90. The molecule has 0 atom stereocenters. The molecule has 0 fully saturated rings. The van der Waals surface area contributed by atoms with Crippen molar-refractivity contribution in [2.75, 3.05) is 11.9 Å². The molecule has 27 heavy (non-hydrogen) atoms. The Kier molecular flexibility index (Phi) is 5.52. The van der Waals surface area contributed by atoms with Gasteiger partial charge in [-0.2, -0.15) is 0 Å². The molecule has 0 saturated carbocycles. The highest BCUT2D eigenvalue weighted by atomic mass is 32.1. The smallest absolute Gasteiger partial charge is 0.341 e. The third kappa shape index (κ3) is 3.83. The van der Waals surface area contributed by atoms with Gasteiger partial charge in [-0.05, 0) is 37.8 Å². The van der Waals surface area contributed by atoms with Crippen LogP contribution in [0.2, 0.25) is 0 Å². The Hall–Kier alpha value is -2.78. The van der Waals surface area contributed by atoms with Gasteiger partial charge in [0.05, 0.1) is 21.9 Å². The fourth-order valence-corrected chi connectivity index (χ4v) is 4.23. The first kappa shape index (κ1) is 19.0. The van der Waals surface area contributed by atoms with E-state index in [0.29, 0.717) is 16.2 Å². The SMILES string of the molecule is CCOC(=O)c1c(NC(=O)c2cc(-c3cccs3)on2)sc(C(C)=O)c1C. The topological polar surface area (TPSA) is 98.5 Å². The highest BCUT2D eigenvalue weighted by molar-refractivity contribution is 7.18. The van der Waals surface area contributed by atoms with Crippen LogP contribution in [0.1, 0.15) is 49.9 Å². The van der Waals surface area contributed by atoms with Crippen LogP contribution in [0, 0.1) is 6.92 Å². The normalized spacial score (nSPS) is 10.6. The lowest BCUT2D eigenvalue weighted by Gasteiger charge is -2.05. The van der Waals surface area contributed by atoms with E-state index in [2.05, 4.69) is 10.5 Å². The minimum atomic E-state index is -0.589. The van der Waals surface area contributed by atoms with Crippen LogP contribution in [0.25, 0.3) is 10.6 Å². The molecule has 3 rings (SSSR count). The number of ether oxygens (including phenoxy) is 1. The maximum Gasteiger partial charge on any atom is 0.341 e. The zero-order valence-corrected chi connectivity index (χ0v) is 16.5. The number of hydrogen-bond acceptors (Lipinski definition) is 8. The largest absolute Gasteiger partial charge is 0.462 e. The van der Waals surface area contributed by atoms with Crippen LogP contribution in [0.5, 0.6) is 0 Å². The lowest BCUT2D eigenvalue weighted by molar-refractivity contribution is 0.0527. The summed E-state index contributed by atoms with van der Waals surface area (Å²) in [6.07, 6.45) is 0. The number of ketones is 1. The van der Waals surface area contributed by atoms with Gasteiger partial charge in [0.15, 0.2) is 17.2 Å². The molecule has 3 aromatic heterocycles. The van der Waals surface area contributed by atoms with Crippen molar-refractivity contribution in [3.63, 3.8) is 0 Å². The molecule has 1 amide bonds. The van der Waals surface area contributed by atoms with Gasteiger partial charge in [-0.1, -0.05) is 11.2 Å². The number of thiophene rings is 2. The van der Waals surface area contributed by atoms with Crippen LogP contribution in [0.4, 0.5) is 5.00 Å². The second-order valence-electron chi connectivity index (χ2n) is 5.54. The summed E-state index contributed by atoms with van der Waals surface area (Å²) in [7, 11) is 0. The van der Waals surface area contributed by atoms with Crippen LogP contribution in [0.15, 0.2) is 28.1 Å². The summed E-state index contributed by atoms with van der Waals surface area (Å²) in [6, 6.07) is 5.25. The van der Waals surface area contributed by atoms with E-state index in [-0.39, 0.29) is 28.6 Å². The van der Waals surface area contributed by atoms with Gasteiger partial charge in [0, 0.05) is 6.07 Å². The maximum absolute atomic E-state index is 12.6. The summed E-state index contributed by atoms with van der Waals surface area (Å²) in [6.45, 7) is 4.93. The number of hydrogen-bond donors (Lipinski definition) is 1. The fraction of sp³-hybridized carbons (Fsp3) is 0.222. The average molecular weight is 404 g/mol. The van der Waals surface area contributed by atoms with E-state index >= 15 is 0 Å². The second kappa shape index (κ2) is 7.85. The Morgan fingerprint density at radius 1 is 1.33 bits per heavy atom. The Labute approximate surface area is 162 Å². The van der Waals surface area contributed by atoms with E-state index in [1.54, 1.807) is 13.8 Å². The van der Waals surface area contributed by atoms with Gasteiger partial charge in [0.25, 0.3) is 5.91 Å². The lowest BCUT2D eigenvalue weighted by Crippen LogP contribution is -2.15. The molecule has 0 aliphatic carbocycles. The third-order valence-electron chi connectivity index (χ3n) is 3.68. The van der Waals surface area contributed by atoms with E-state index < -0.39 is 11.9 Å². The van der Waals surface area contributed by atoms with Crippen LogP contribution in [0.3, 0.4) is 0 Å². The molecule has 0 spiro atoms. The molecule has 0 bridgehead atoms. The summed E-state index contributed by atoms with van der Waals surface area (Å²) in [5, 5.41) is 8.57. The van der Waals surface area contributed by atoms with E-state index in [9.17, 15) is 14.4 Å². The first-order valence-corrected chi connectivity index (χ1v) is 9.75. The van der Waals surface area contributed by atoms with Crippen molar-refractivity contribution in [3.8, 4) is 10.6 Å². The van der Waals surface area contributed by atoms with Crippen molar-refractivity contribution >= 4 is 45.3 Å². The Morgan fingerprint density at radius 2 is 2.11 bits per heavy atom. The van der Waals surface area contributed by atoms with E-state index in [1.165, 1.54) is 24.3 Å². The number of Topliss-reactive ketones (excluding diaryl/α,β-unsaturated/α-hetero) is 1. The maximum atomic E-state index is 12.6. The molecule has 0 aromatic carbocycles. The molecule has 140 valence electrons. The number of nitrogens with zero attached hydrogens (tertiary/aromatic N) is 1.